The average Bonchev–Trinajstić information content (AvgIpc) is 3.16. The number of rotatable bonds is 7. The van der Waals surface area contributed by atoms with E-state index in [2.05, 4.69) is 20.8 Å². The molecule has 0 saturated heterocycles. The molecule has 3 rings (SSSR count). The Labute approximate surface area is 178 Å². The van der Waals surface area contributed by atoms with E-state index in [1.54, 1.807) is 54.2 Å². The van der Waals surface area contributed by atoms with Gasteiger partial charge in [0.2, 0.25) is 11.8 Å². The third-order valence-electron chi connectivity index (χ3n) is 4.15. The maximum atomic E-state index is 12.6. The Kier molecular flexibility index (Phi) is 6.63. The molecule has 9 heteroatoms. The minimum Gasteiger partial charge on any atom is -0.326 e. The first kappa shape index (κ1) is 21.3. The number of anilines is 2. The SMILES string of the molecule is CC(=O)Nc1cccc(-n2cnnc2SC(C)C(=O)Nc2cccc(C(C)=O)c2)c1. The lowest BCUT2D eigenvalue weighted by atomic mass is 10.1. The highest BCUT2D eigenvalue weighted by Gasteiger charge is 2.19. The fourth-order valence-electron chi connectivity index (χ4n) is 2.69. The summed E-state index contributed by atoms with van der Waals surface area (Å²) in [5.74, 6) is -0.449. The van der Waals surface area contributed by atoms with Gasteiger partial charge in [0.05, 0.1) is 10.9 Å². The summed E-state index contributed by atoms with van der Waals surface area (Å²) in [6.07, 6.45) is 1.55. The molecule has 30 heavy (non-hydrogen) atoms. The molecule has 1 aromatic heterocycles. The van der Waals surface area contributed by atoms with Crippen LogP contribution in [0.5, 0.6) is 0 Å². The van der Waals surface area contributed by atoms with Gasteiger partial charge in [-0.05, 0) is 44.2 Å². The van der Waals surface area contributed by atoms with Gasteiger partial charge in [0.15, 0.2) is 10.9 Å². The van der Waals surface area contributed by atoms with Crippen molar-refractivity contribution >= 4 is 40.7 Å². The van der Waals surface area contributed by atoms with Crippen LogP contribution in [0.4, 0.5) is 11.4 Å². The summed E-state index contributed by atoms with van der Waals surface area (Å²) >= 11 is 1.25. The summed E-state index contributed by atoms with van der Waals surface area (Å²) in [4.78, 5) is 35.4. The Balaban J connectivity index is 1.72. The highest BCUT2D eigenvalue weighted by molar-refractivity contribution is 8.00. The smallest absolute Gasteiger partial charge is 0.237 e. The fourth-order valence-corrected chi connectivity index (χ4v) is 3.53. The molecule has 2 aromatic carbocycles. The second-order valence-corrected chi connectivity index (χ2v) is 7.91. The largest absolute Gasteiger partial charge is 0.326 e. The van der Waals surface area contributed by atoms with E-state index in [9.17, 15) is 14.4 Å². The number of hydrogen-bond acceptors (Lipinski definition) is 6. The van der Waals surface area contributed by atoms with E-state index in [0.717, 1.165) is 5.69 Å². The predicted octanol–water partition coefficient (Wildman–Crippen LogP) is 3.55. The first-order valence-electron chi connectivity index (χ1n) is 9.20. The number of benzene rings is 2. The summed E-state index contributed by atoms with van der Waals surface area (Å²) in [5, 5.41) is 13.7. The predicted molar refractivity (Wildman–Crippen MR) is 116 cm³/mol. The number of amides is 2. The first-order chi connectivity index (χ1) is 14.3. The molecule has 154 valence electrons. The van der Waals surface area contributed by atoms with E-state index in [0.29, 0.717) is 22.1 Å². The fraction of sp³-hybridized carbons (Fsp3) is 0.190. The normalized spacial score (nSPS) is 11.6. The number of Topliss-reactive ketones (excluding diaryl/α,β-unsaturated/α-hetero) is 1. The van der Waals surface area contributed by atoms with Crippen LogP contribution in [0.2, 0.25) is 0 Å². The summed E-state index contributed by atoms with van der Waals surface area (Å²) in [7, 11) is 0. The van der Waals surface area contributed by atoms with Gasteiger partial charge in [0.1, 0.15) is 6.33 Å². The third-order valence-corrected chi connectivity index (χ3v) is 5.21. The molecule has 0 spiro atoms. The molecule has 3 aromatic rings. The zero-order chi connectivity index (χ0) is 21.7. The molecule has 2 N–H and O–H groups in total. The second-order valence-electron chi connectivity index (χ2n) is 6.60. The lowest BCUT2D eigenvalue weighted by Gasteiger charge is -2.13. The van der Waals surface area contributed by atoms with Crippen LogP contribution in [0.1, 0.15) is 31.1 Å². The number of nitrogens with zero attached hydrogens (tertiary/aromatic N) is 3. The number of carbonyl (C=O) groups is 3. The Morgan fingerprint density at radius 2 is 1.70 bits per heavy atom. The van der Waals surface area contributed by atoms with E-state index in [1.165, 1.54) is 25.6 Å². The Morgan fingerprint density at radius 1 is 1.00 bits per heavy atom. The van der Waals surface area contributed by atoms with Crippen molar-refractivity contribution < 1.29 is 14.4 Å². The van der Waals surface area contributed by atoms with Gasteiger partial charge in [-0.15, -0.1) is 10.2 Å². The molecule has 0 bridgehead atoms. The van der Waals surface area contributed by atoms with Crippen LogP contribution in [-0.2, 0) is 9.59 Å². The van der Waals surface area contributed by atoms with Gasteiger partial charge in [-0.2, -0.15) is 0 Å². The summed E-state index contributed by atoms with van der Waals surface area (Å²) < 4.78 is 1.75. The van der Waals surface area contributed by atoms with Gasteiger partial charge in [0.25, 0.3) is 0 Å². The molecule has 0 aliphatic carbocycles. The van der Waals surface area contributed by atoms with Crippen LogP contribution in [0.15, 0.2) is 60.0 Å². The highest BCUT2D eigenvalue weighted by Crippen LogP contribution is 2.26. The van der Waals surface area contributed by atoms with Crippen LogP contribution in [0.3, 0.4) is 0 Å². The monoisotopic (exact) mass is 423 g/mol. The molecule has 0 fully saturated rings. The Hall–Kier alpha value is -3.46. The average molecular weight is 423 g/mol. The summed E-state index contributed by atoms with van der Waals surface area (Å²) in [5.41, 5.74) is 2.51. The van der Waals surface area contributed by atoms with Gasteiger partial charge < -0.3 is 10.6 Å². The van der Waals surface area contributed by atoms with Gasteiger partial charge >= 0.3 is 0 Å². The van der Waals surface area contributed by atoms with Gasteiger partial charge in [-0.1, -0.05) is 30.0 Å². The van der Waals surface area contributed by atoms with Crippen molar-refractivity contribution in [1.29, 1.82) is 0 Å². The molecule has 0 radical (unpaired) electrons. The highest BCUT2D eigenvalue weighted by atomic mass is 32.2. The minimum atomic E-state index is -0.465. The van der Waals surface area contributed by atoms with Crippen molar-refractivity contribution in [3.8, 4) is 5.69 Å². The van der Waals surface area contributed by atoms with Crippen LogP contribution in [0.25, 0.3) is 5.69 Å². The van der Waals surface area contributed by atoms with E-state index >= 15 is 0 Å². The molecule has 8 nitrogen and oxygen atoms in total. The van der Waals surface area contributed by atoms with Crippen molar-refractivity contribution in [2.45, 2.75) is 31.2 Å². The Morgan fingerprint density at radius 3 is 2.40 bits per heavy atom. The van der Waals surface area contributed by atoms with E-state index < -0.39 is 5.25 Å². The topological polar surface area (TPSA) is 106 Å². The van der Waals surface area contributed by atoms with E-state index in [-0.39, 0.29) is 17.6 Å². The number of thioether (sulfide) groups is 1. The van der Waals surface area contributed by atoms with Gasteiger partial charge in [-0.25, -0.2) is 0 Å². The second kappa shape index (κ2) is 9.36. The van der Waals surface area contributed by atoms with Crippen LogP contribution in [-0.4, -0.2) is 37.6 Å². The standard InChI is InChI=1S/C21H21N5O3S/c1-13(27)16-6-4-7-17(10-16)24-20(29)14(2)30-21-25-22-12-26(21)19-9-5-8-18(11-19)23-15(3)28/h4-12,14H,1-3H3,(H,23,28)(H,24,29). The zero-order valence-corrected chi connectivity index (χ0v) is 17.6. The summed E-state index contributed by atoms with van der Waals surface area (Å²) in [6, 6.07) is 14.1. The zero-order valence-electron chi connectivity index (χ0n) is 16.7. The molecule has 1 unspecified atom stereocenters. The van der Waals surface area contributed by atoms with Gasteiger partial charge in [-0.3, -0.25) is 19.0 Å². The molecular weight excluding hydrogens is 402 g/mol. The van der Waals surface area contributed by atoms with Crippen molar-refractivity contribution in [2.24, 2.45) is 0 Å². The minimum absolute atomic E-state index is 0.0666. The first-order valence-corrected chi connectivity index (χ1v) is 10.1. The lowest BCUT2D eigenvalue weighted by Crippen LogP contribution is -2.23. The maximum Gasteiger partial charge on any atom is 0.237 e. The molecule has 0 aliphatic heterocycles. The van der Waals surface area contributed by atoms with Crippen LogP contribution < -0.4 is 10.6 Å². The van der Waals surface area contributed by atoms with Crippen molar-refractivity contribution in [3.63, 3.8) is 0 Å². The number of nitrogens with one attached hydrogen (secondary N) is 2. The number of aromatic nitrogens is 3. The Bertz CT molecular complexity index is 1100. The lowest BCUT2D eigenvalue weighted by molar-refractivity contribution is -0.115. The maximum absolute atomic E-state index is 12.6. The van der Waals surface area contributed by atoms with E-state index in [4.69, 9.17) is 0 Å². The molecule has 0 aliphatic rings. The quantitative estimate of drug-likeness (QED) is 0.445. The molecule has 0 saturated carbocycles. The molecular formula is C21H21N5O3S. The third kappa shape index (κ3) is 5.32. The summed E-state index contributed by atoms with van der Waals surface area (Å²) in [6.45, 7) is 4.69. The van der Waals surface area contributed by atoms with Crippen molar-refractivity contribution in [1.82, 2.24) is 14.8 Å². The molecule has 1 heterocycles. The van der Waals surface area contributed by atoms with Gasteiger partial charge in [0, 0.05) is 23.9 Å². The van der Waals surface area contributed by atoms with Crippen molar-refractivity contribution in [2.75, 3.05) is 10.6 Å². The number of hydrogen-bond donors (Lipinski definition) is 2. The number of carbonyl (C=O) groups excluding carboxylic acids is 3. The molecule has 1 atom stereocenters. The molecule has 2 amide bonds. The number of ketones is 1. The van der Waals surface area contributed by atoms with E-state index in [1.807, 2.05) is 12.1 Å². The van der Waals surface area contributed by atoms with Crippen LogP contribution >= 0.6 is 11.8 Å². The van der Waals surface area contributed by atoms with Crippen LogP contribution in [0, 0.1) is 0 Å². The van der Waals surface area contributed by atoms with Crippen molar-refractivity contribution in [3.05, 3.63) is 60.4 Å².